The highest BCUT2D eigenvalue weighted by Crippen LogP contribution is 2.39. The molecule has 1 N–H and O–H groups in total. The number of anilines is 1. The molecule has 0 spiro atoms. The molecular weight excluding hydrogens is 222 g/mol. The van der Waals surface area contributed by atoms with Crippen molar-refractivity contribution in [1.29, 1.82) is 0 Å². The number of imidazole rings is 1. The molecular formula is C15H27N3. The van der Waals surface area contributed by atoms with E-state index >= 15 is 0 Å². The molecule has 3 nitrogen and oxygen atoms in total. The van der Waals surface area contributed by atoms with Crippen molar-refractivity contribution in [2.75, 3.05) is 11.9 Å². The topological polar surface area (TPSA) is 29.9 Å². The second kappa shape index (κ2) is 5.77. The Labute approximate surface area is 111 Å². The summed E-state index contributed by atoms with van der Waals surface area (Å²) >= 11 is 0. The first-order chi connectivity index (χ1) is 8.63. The third-order valence-electron chi connectivity index (χ3n) is 4.41. The van der Waals surface area contributed by atoms with Crippen molar-refractivity contribution in [1.82, 2.24) is 9.55 Å². The van der Waals surface area contributed by atoms with Crippen molar-refractivity contribution < 1.29 is 0 Å². The largest absolute Gasteiger partial charge is 0.356 e. The first kappa shape index (κ1) is 13.4. The van der Waals surface area contributed by atoms with Crippen LogP contribution in [0.15, 0.2) is 6.20 Å². The number of hydrogen-bond donors (Lipinski definition) is 1. The zero-order valence-electron chi connectivity index (χ0n) is 12.2. The molecule has 0 aliphatic heterocycles. The van der Waals surface area contributed by atoms with Crippen molar-refractivity contribution in [3.05, 3.63) is 11.9 Å². The second-order valence-corrected chi connectivity index (χ2v) is 5.87. The van der Waals surface area contributed by atoms with Crippen molar-refractivity contribution in [3.63, 3.8) is 0 Å². The van der Waals surface area contributed by atoms with Gasteiger partial charge in [0, 0.05) is 18.8 Å². The molecule has 1 aliphatic carbocycles. The maximum absolute atomic E-state index is 4.63. The highest BCUT2D eigenvalue weighted by atomic mass is 15.2. The van der Waals surface area contributed by atoms with Crippen molar-refractivity contribution in [2.24, 2.45) is 11.8 Å². The van der Waals surface area contributed by atoms with Gasteiger partial charge in [-0.15, -0.1) is 0 Å². The SMILES string of the molecule is CCCNc1nc(C)cn1C1CCCC(C)C1C. The second-order valence-electron chi connectivity index (χ2n) is 5.87. The van der Waals surface area contributed by atoms with E-state index in [9.17, 15) is 0 Å². The van der Waals surface area contributed by atoms with Crippen LogP contribution in [-0.2, 0) is 0 Å². The zero-order chi connectivity index (χ0) is 13.1. The lowest BCUT2D eigenvalue weighted by atomic mass is 9.78. The number of hydrogen-bond acceptors (Lipinski definition) is 2. The highest BCUT2D eigenvalue weighted by Gasteiger charge is 2.29. The maximum atomic E-state index is 4.63. The van der Waals surface area contributed by atoms with E-state index in [1.165, 1.54) is 19.3 Å². The fraction of sp³-hybridized carbons (Fsp3) is 0.800. The molecule has 1 fully saturated rings. The molecule has 102 valence electrons. The number of aryl methyl sites for hydroxylation is 1. The normalized spacial score (nSPS) is 28.3. The van der Waals surface area contributed by atoms with Gasteiger partial charge in [0.25, 0.3) is 0 Å². The molecule has 3 heteroatoms. The standard InChI is InChI=1S/C15H27N3/c1-5-9-16-15-17-12(3)10-18(15)14-8-6-7-11(2)13(14)4/h10-11,13-14H,5-9H2,1-4H3,(H,16,17). The van der Waals surface area contributed by atoms with Crippen LogP contribution in [0, 0.1) is 18.8 Å². The van der Waals surface area contributed by atoms with E-state index in [0.717, 1.165) is 36.4 Å². The smallest absolute Gasteiger partial charge is 0.203 e. The predicted molar refractivity (Wildman–Crippen MR) is 77.0 cm³/mol. The first-order valence-corrected chi connectivity index (χ1v) is 7.42. The van der Waals surface area contributed by atoms with Crippen LogP contribution in [0.4, 0.5) is 5.95 Å². The van der Waals surface area contributed by atoms with Gasteiger partial charge in [0.05, 0.1) is 5.69 Å². The third kappa shape index (κ3) is 2.70. The summed E-state index contributed by atoms with van der Waals surface area (Å²) < 4.78 is 2.39. The van der Waals surface area contributed by atoms with Crippen LogP contribution < -0.4 is 5.32 Å². The molecule has 0 amide bonds. The van der Waals surface area contributed by atoms with Gasteiger partial charge in [-0.25, -0.2) is 4.98 Å². The van der Waals surface area contributed by atoms with E-state index in [1.807, 2.05) is 0 Å². The summed E-state index contributed by atoms with van der Waals surface area (Å²) in [6.07, 6.45) is 7.38. The molecule has 0 bridgehead atoms. The molecule has 3 atom stereocenters. The van der Waals surface area contributed by atoms with Crippen molar-refractivity contribution in [2.45, 2.75) is 59.4 Å². The van der Waals surface area contributed by atoms with Crippen LogP contribution in [-0.4, -0.2) is 16.1 Å². The molecule has 1 saturated carbocycles. The molecule has 1 heterocycles. The Morgan fingerprint density at radius 3 is 2.89 bits per heavy atom. The van der Waals surface area contributed by atoms with Gasteiger partial charge >= 0.3 is 0 Å². The van der Waals surface area contributed by atoms with E-state index in [4.69, 9.17) is 0 Å². The van der Waals surface area contributed by atoms with Gasteiger partial charge < -0.3 is 9.88 Å². The highest BCUT2D eigenvalue weighted by molar-refractivity contribution is 5.29. The molecule has 0 radical (unpaired) electrons. The Kier molecular flexibility index (Phi) is 4.31. The van der Waals surface area contributed by atoms with E-state index in [-0.39, 0.29) is 0 Å². The third-order valence-corrected chi connectivity index (χ3v) is 4.41. The van der Waals surface area contributed by atoms with Crippen LogP contribution in [0.2, 0.25) is 0 Å². The zero-order valence-corrected chi connectivity index (χ0v) is 12.2. The summed E-state index contributed by atoms with van der Waals surface area (Å²) in [5.74, 6) is 2.64. The van der Waals surface area contributed by atoms with Crippen molar-refractivity contribution >= 4 is 5.95 Å². The van der Waals surface area contributed by atoms with E-state index < -0.39 is 0 Å². The van der Waals surface area contributed by atoms with E-state index in [0.29, 0.717) is 6.04 Å². The Bertz CT molecular complexity index is 383. The fourth-order valence-corrected chi connectivity index (χ4v) is 3.08. The number of aromatic nitrogens is 2. The molecule has 18 heavy (non-hydrogen) atoms. The minimum Gasteiger partial charge on any atom is -0.356 e. The van der Waals surface area contributed by atoms with Crippen LogP contribution in [0.1, 0.15) is 58.2 Å². The lowest BCUT2D eigenvalue weighted by molar-refractivity contribution is 0.187. The lowest BCUT2D eigenvalue weighted by Gasteiger charge is -2.35. The summed E-state index contributed by atoms with van der Waals surface area (Å²) in [4.78, 5) is 4.63. The number of nitrogens with one attached hydrogen (secondary N) is 1. The Hall–Kier alpha value is -0.990. The number of nitrogens with zero attached hydrogens (tertiary/aromatic N) is 2. The van der Waals surface area contributed by atoms with Gasteiger partial charge in [-0.05, 0) is 31.6 Å². The summed E-state index contributed by atoms with van der Waals surface area (Å²) in [6.45, 7) is 10.1. The van der Waals surface area contributed by atoms with Crippen molar-refractivity contribution in [3.8, 4) is 0 Å². The minimum atomic E-state index is 0.620. The van der Waals surface area contributed by atoms with E-state index in [1.54, 1.807) is 0 Å². The van der Waals surface area contributed by atoms with Crippen LogP contribution in [0.5, 0.6) is 0 Å². The predicted octanol–water partition coefficient (Wildman–Crippen LogP) is 4.01. The monoisotopic (exact) mass is 249 g/mol. The molecule has 0 saturated heterocycles. The number of rotatable bonds is 4. The van der Waals surface area contributed by atoms with Gasteiger partial charge in [0.15, 0.2) is 0 Å². The van der Waals surface area contributed by atoms with Gasteiger partial charge in [-0.2, -0.15) is 0 Å². The summed E-state index contributed by atoms with van der Waals surface area (Å²) in [7, 11) is 0. The quantitative estimate of drug-likeness (QED) is 0.873. The van der Waals surface area contributed by atoms with Gasteiger partial charge in [0.1, 0.15) is 0 Å². The molecule has 1 aliphatic rings. The average Bonchev–Trinajstić information content (AvgIpc) is 2.71. The maximum Gasteiger partial charge on any atom is 0.203 e. The molecule has 1 aromatic heterocycles. The molecule has 2 rings (SSSR count). The van der Waals surface area contributed by atoms with Crippen LogP contribution in [0.3, 0.4) is 0 Å². The van der Waals surface area contributed by atoms with E-state index in [2.05, 4.69) is 48.8 Å². The van der Waals surface area contributed by atoms with Gasteiger partial charge in [0.2, 0.25) is 5.95 Å². The Morgan fingerprint density at radius 2 is 2.17 bits per heavy atom. The fourth-order valence-electron chi connectivity index (χ4n) is 3.08. The Balaban J connectivity index is 2.20. The minimum absolute atomic E-state index is 0.620. The van der Waals surface area contributed by atoms with Gasteiger partial charge in [-0.3, -0.25) is 0 Å². The summed E-state index contributed by atoms with van der Waals surface area (Å²) in [5, 5.41) is 3.47. The molecule has 1 aromatic rings. The Morgan fingerprint density at radius 1 is 1.39 bits per heavy atom. The first-order valence-electron chi connectivity index (χ1n) is 7.42. The summed E-state index contributed by atoms with van der Waals surface area (Å²) in [5.41, 5.74) is 1.12. The molecule has 3 unspecified atom stereocenters. The lowest BCUT2D eigenvalue weighted by Crippen LogP contribution is -2.27. The van der Waals surface area contributed by atoms with Crippen LogP contribution >= 0.6 is 0 Å². The summed E-state index contributed by atoms with van der Waals surface area (Å²) in [6, 6.07) is 0.620. The average molecular weight is 249 g/mol. The van der Waals surface area contributed by atoms with Gasteiger partial charge in [-0.1, -0.05) is 33.6 Å². The molecule has 0 aromatic carbocycles. The van der Waals surface area contributed by atoms with Crippen LogP contribution in [0.25, 0.3) is 0 Å².